The van der Waals surface area contributed by atoms with Crippen molar-refractivity contribution in [1.29, 1.82) is 0 Å². The highest BCUT2D eigenvalue weighted by molar-refractivity contribution is 4.68. The second-order valence-corrected chi connectivity index (χ2v) is 2.98. The molecule has 0 aromatic rings. The van der Waals surface area contributed by atoms with Crippen molar-refractivity contribution in [2.24, 2.45) is 17.6 Å². The maximum atomic E-state index is 5.46. The van der Waals surface area contributed by atoms with Crippen molar-refractivity contribution in [1.82, 2.24) is 0 Å². The summed E-state index contributed by atoms with van der Waals surface area (Å²) in [7, 11) is 0. The maximum Gasteiger partial charge on any atom is 0.0516 e. The van der Waals surface area contributed by atoms with Gasteiger partial charge in [0.15, 0.2) is 0 Å². The van der Waals surface area contributed by atoms with E-state index < -0.39 is 0 Å². The summed E-state index contributed by atoms with van der Waals surface area (Å²) in [6.07, 6.45) is 1.25. The molecule has 2 nitrogen and oxygen atoms in total. The van der Waals surface area contributed by atoms with Gasteiger partial charge in [-0.1, -0.05) is 6.92 Å². The summed E-state index contributed by atoms with van der Waals surface area (Å²) < 4.78 is 5.04. The van der Waals surface area contributed by atoms with Crippen LogP contribution in [0.4, 0.5) is 0 Å². The Hall–Kier alpha value is -0.0800. The van der Waals surface area contributed by atoms with Crippen LogP contribution in [0.25, 0.3) is 0 Å². The summed E-state index contributed by atoms with van der Waals surface area (Å²) in [5.41, 5.74) is 5.46. The van der Waals surface area contributed by atoms with Crippen molar-refractivity contribution in [2.45, 2.75) is 13.3 Å². The molecular weight excluding hydrogens is 114 g/mol. The van der Waals surface area contributed by atoms with E-state index in [0.717, 1.165) is 25.7 Å². The quantitative estimate of drug-likeness (QED) is 0.606. The highest BCUT2D eigenvalue weighted by atomic mass is 16.5. The lowest BCUT2D eigenvalue weighted by Crippen LogP contribution is -2.30. The van der Waals surface area contributed by atoms with Gasteiger partial charge >= 0.3 is 0 Å². The molecule has 1 rings (SSSR count). The van der Waals surface area contributed by atoms with Crippen molar-refractivity contribution in [2.75, 3.05) is 19.8 Å². The van der Waals surface area contributed by atoms with E-state index in [4.69, 9.17) is 10.5 Å². The first-order valence-electron chi connectivity index (χ1n) is 3.60. The van der Waals surface area contributed by atoms with Crippen LogP contribution >= 0.6 is 0 Å². The third-order valence-electron chi connectivity index (χ3n) is 1.85. The summed E-state index contributed by atoms with van der Waals surface area (Å²) in [5, 5.41) is 0. The molecule has 54 valence electrons. The van der Waals surface area contributed by atoms with E-state index in [1.54, 1.807) is 0 Å². The molecule has 1 aliphatic heterocycles. The Labute approximate surface area is 56.4 Å². The molecule has 1 unspecified atom stereocenters. The van der Waals surface area contributed by atoms with Crippen molar-refractivity contribution < 1.29 is 4.74 Å². The molecule has 1 aliphatic rings. The summed E-state index contributed by atoms with van der Waals surface area (Å²) >= 11 is 0. The molecule has 1 fully saturated rings. The van der Waals surface area contributed by atoms with Gasteiger partial charge in [0.05, 0.1) is 13.2 Å². The first-order chi connectivity index (χ1) is 4.33. The smallest absolute Gasteiger partial charge is 0.0516 e. The van der Waals surface area contributed by atoms with Gasteiger partial charge in [0.1, 0.15) is 0 Å². The zero-order valence-electron chi connectivity index (χ0n) is 5.97. The molecule has 0 aromatic carbocycles. The Bertz CT molecular complexity index is 78.2. The van der Waals surface area contributed by atoms with Crippen molar-refractivity contribution >= 4 is 0 Å². The van der Waals surface area contributed by atoms with Gasteiger partial charge < -0.3 is 10.5 Å². The molecule has 0 amide bonds. The standard InChI is InChI=1S/C7H15NO/c1-6(3-8)2-7-4-9-5-7/h6-7H,2-5,8H2,1H3. The van der Waals surface area contributed by atoms with Gasteiger partial charge in [0, 0.05) is 5.92 Å². The van der Waals surface area contributed by atoms with Crippen LogP contribution in [0.15, 0.2) is 0 Å². The Balaban J connectivity index is 2.01. The molecule has 1 heterocycles. The Kier molecular flexibility index (Phi) is 2.49. The number of hydrogen-bond donors (Lipinski definition) is 1. The normalized spacial score (nSPS) is 23.3. The highest BCUT2D eigenvalue weighted by Gasteiger charge is 2.19. The van der Waals surface area contributed by atoms with Gasteiger partial charge in [0.25, 0.3) is 0 Å². The molecule has 0 spiro atoms. The molecule has 2 heteroatoms. The minimum Gasteiger partial charge on any atom is -0.381 e. The highest BCUT2D eigenvalue weighted by Crippen LogP contribution is 2.18. The molecule has 0 saturated carbocycles. The lowest BCUT2D eigenvalue weighted by atomic mass is 9.95. The molecule has 0 aliphatic carbocycles. The Morgan fingerprint density at radius 1 is 1.67 bits per heavy atom. The third-order valence-corrected chi connectivity index (χ3v) is 1.85. The van der Waals surface area contributed by atoms with E-state index in [2.05, 4.69) is 6.92 Å². The predicted molar refractivity (Wildman–Crippen MR) is 37.1 cm³/mol. The number of nitrogens with two attached hydrogens (primary N) is 1. The van der Waals surface area contributed by atoms with Crippen molar-refractivity contribution in [3.63, 3.8) is 0 Å². The molecular formula is C7H15NO. The molecule has 0 radical (unpaired) electrons. The van der Waals surface area contributed by atoms with E-state index in [1.807, 2.05) is 0 Å². The molecule has 2 N–H and O–H groups in total. The molecule has 9 heavy (non-hydrogen) atoms. The fraction of sp³-hybridized carbons (Fsp3) is 1.00. The number of hydrogen-bond acceptors (Lipinski definition) is 2. The minimum atomic E-state index is 0.680. The van der Waals surface area contributed by atoms with E-state index in [9.17, 15) is 0 Å². The fourth-order valence-electron chi connectivity index (χ4n) is 1.09. The van der Waals surface area contributed by atoms with Crippen LogP contribution in [0, 0.1) is 11.8 Å². The minimum absolute atomic E-state index is 0.680. The summed E-state index contributed by atoms with van der Waals surface area (Å²) in [5.74, 6) is 1.49. The van der Waals surface area contributed by atoms with Gasteiger partial charge in [-0.25, -0.2) is 0 Å². The molecule has 0 aromatic heterocycles. The van der Waals surface area contributed by atoms with Gasteiger partial charge in [-0.15, -0.1) is 0 Å². The van der Waals surface area contributed by atoms with Crippen LogP contribution in [0.2, 0.25) is 0 Å². The van der Waals surface area contributed by atoms with E-state index in [1.165, 1.54) is 6.42 Å². The van der Waals surface area contributed by atoms with Gasteiger partial charge in [-0.3, -0.25) is 0 Å². The van der Waals surface area contributed by atoms with Crippen LogP contribution in [0.5, 0.6) is 0 Å². The van der Waals surface area contributed by atoms with Gasteiger partial charge in [-0.2, -0.15) is 0 Å². The van der Waals surface area contributed by atoms with E-state index in [-0.39, 0.29) is 0 Å². The second-order valence-electron chi connectivity index (χ2n) is 2.98. The van der Waals surface area contributed by atoms with E-state index >= 15 is 0 Å². The summed E-state index contributed by atoms with van der Waals surface area (Å²) in [6.45, 7) is 4.93. The molecule has 1 saturated heterocycles. The molecule has 1 atom stereocenters. The molecule has 0 bridgehead atoms. The maximum absolute atomic E-state index is 5.46. The van der Waals surface area contributed by atoms with Gasteiger partial charge in [0.2, 0.25) is 0 Å². The first-order valence-corrected chi connectivity index (χ1v) is 3.60. The fourth-order valence-corrected chi connectivity index (χ4v) is 1.09. The predicted octanol–water partition coefficient (Wildman–Crippen LogP) is 0.618. The largest absolute Gasteiger partial charge is 0.381 e. The first kappa shape index (κ1) is 7.03. The van der Waals surface area contributed by atoms with Crippen molar-refractivity contribution in [3.8, 4) is 0 Å². The van der Waals surface area contributed by atoms with Crippen LogP contribution in [-0.4, -0.2) is 19.8 Å². The van der Waals surface area contributed by atoms with Gasteiger partial charge in [-0.05, 0) is 18.9 Å². The average Bonchev–Trinajstić information content (AvgIpc) is 1.78. The Morgan fingerprint density at radius 2 is 2.33 bits per heavy atom. The summed E-state index contributed by atoms with van der Waals surface area (Å²) in [6, 6.07) is 0. The monoisotopic (exact) mass is 129 g/mol. The lowest BCUT2D eigenvalue weighted by Gasteiger charge is -2.27. The third kappa shape index (κ3) is 1.95. The number of ether oxygens (including phenoxy) is 1. The SMILES string of the molecule is CC(CN)CC1COC1. The van der Waals surface area contributed by atoms with Crippen LogP contribution < -0.4 is 5.73 Å². The van der Waals surface area contributed by atoms with Crippen LogP contribution in [0.3, 0.4) is 0 Å². The van der Waals surface area contributed by atoms with Crippen LogP contribution in [0.1, 0.15) is 13.3 Å². The zero-order chi connectivity index (χ0) is 6.69. The average molecular weight is 129 g/mol. The number of rotatable bonds is 3. The zero-order valence-corrected chi connectivity index (χ0v) is 5.97. The summed E-state index contributed by atoms with van der Waals surface area (Å²) in [4.78, 5) is 0. The topological polar surface area (TPSA) is 35.2 Å². The van der Waals surface area contributed by atoms with E-state index in [0.29, 0.717) is 5.92 Å². The van der Waals surface area contributed by atoms with Crippen LogP contribution in [-0.2, 0) is 4.74 Å². The lowest BCUT2D eigenvalue weighted by molar-refractivity contribution is -0.0410. The Morgan fingerprint density at radius 3 is 2.67 bits per heavy atom. The second kappa shape index (κ2) is 3.18. The van der Waals surface area contributed by atoms with Crippen molar-refractivity contribution in [3.05, 3.63) is 0 Å².